The standard InChI is InChI=1S/C33H40O20/c34-8-18-21(39)24(42)27(45)31(50-18)48-16-6-13(38)5-15-14(16)7-17(29(47-15)11-1-3-12(37)4-2-11)49-33-30(26(44)23(41)20(10-36)52-33)53-32-28(46)25(43)22(40)19(9-35)51-32/h1-7,18-28,30-36,39-46H,8-10H2,(H-,37,38)/p+1/t18-,19+,20-,21+,22+,23+,24-,25-,26-,27-,28+,30-,31+,32-,33+/m0/s1. The molecule has 3 aliphatic rings. The molecule has 3 fully saturated rings. The summed E-state index contributed by atoms with van der Waals surface area (Å²) in [5.74, 6) is -1.09. The number of ether oxygens (including phenoxy) is 6. The molecule has 13 N–H and O–H groups in total. The number of aromatic hydroxyl groups is 2. The predicted molar refractivity (Wildman–Crippen MR) is 171 cm³/mol. The van der Waals surface area contributed by atoms with E-state index in [1.54, 1.807) is 0 Å². The van der Waals surface area contributed by atoms with Gasteiger partial charge in [0, 0.05) is 12.1 Å². The second-order valence-electron chi connectivity index (χ2n) is 12.8. The van der Waals surface area contributed by atoms with E-state index < -0.39 is 118 Å². The summed E-state index contributed by atoms with van der Waals surface area (Å²) >= 11 is 0. The maximum atomic E-state index is 11.2. The van der Waals surface area contributed by atoms with E-state index in [-0.39, 0.29) is 39.5 Å². The Morgan fingerprint density at radius 3 is 1.62 bits per heavy atom. The molecule has 0 amide bonds. The van der Waals surface area contributed by atoms with Gasteiger partial charge in [-0.1, -0.05) is 0 Å². The van der Waals surface area contributed by atoms with E-state index in [4.69, 9.17) is 32.8 Å². The van der Waals surface area contributed by atoms with Crippen molar-refractivity contribution in [2.45, 2.75) is 92.1 Å². The third kappa shape index (κ3) is 7.71. The highest BCUT2D eigenvalue weighted by atomic mass is 16.8. The molecule has 20 nitrogen and oxygen atoms in total. The third-order valence-corrected chi connectivity index (χ3v) is 9.23. The maximum Gasteiger partial charge on any atom is 0.402 e. The van der Waals surface area contributed by atoms with Crippen LogP contribution in [0.25, 0.3) is 22.3 Å². The van der Waals surface area contributed by atoms with Crippen molar-refractivity contribution < 1.29 is 99.2 Å². The van der Waals surface area contributed by atoms with Gasteiger partial charge in [0.15, 0.2) is 12.4 Å². The second kappa shape index (κ2) is 16.0. The van der Waals surface area contributed by atoms with E-state index in [9.17, 15) is 66.4 Å². The van der Waals surface area contributed by atoms with Crippen molar-refractivity contribution in [3.63, 3.8) is 0 Å². The summed E-state index contributed by atoms with van der Waals surface area (Å²) in [7, 11) is 0. The van der Waals surface area contributed by atoms with Crippen LogP contribution in [0.15, 0.2) is 46.9 Å². The Bertz CT molecular complexity index is 1690. The largest absolute Gasteiger partial charge is 0.508 e. The van der Waals surface area contributed by atoms with Crippen LogP contribution in [0.2, 0.25) is 0 Å². The lowest BCUT2D eigenvalue weighted by molar-refractivity contribution is -0.357. The van der Waals surface area contributed by atoms with Crippen molar-refractivity contribution in [1.82, 2.24) is 0 Å². The summed E-state index contributed by atoms with van der Waals surface area (Å²) in [4.78, 5) is 0. The van der Waals surface area contributed by atoms with E-state index in [1.165, 1.54) is 36.4 Å². The molecule has 0 spiro atoms. The zero-order chi connectivity index (χ0) is 38.3. The van der Waals surface area contributed by atoms with E-state index in [2.05, 4.69) is 0 Å². The molecule has 2 aromatic carbocycles. The quantitative estimate of drug-likeness (QED) is 0.0876. The lowest BCUT2D eigenvalue weighted by Crippen LogP contribution is -2.65. The van der Waals surface area contributed by atoms with E-state index in [0.717, 1.165) is 6.07 Å². The number of hydrogen-bond donors (Lipinski definition) is 13. The molecule has 3 aliphatic heterocycles. The lowest BCUT2D eigenvalue weighted by atomic mass is 9.97. The van der Waals surface area contributed by atoms with E-state index in [1.807, 2.05) is 0 Å². The van der Waals surface area contributed by atoms with Gasteiger partial charge in [0.25, 0.3) is 0 Å². The number of rotatable bonds is 10. The van der Waals surface area contributed by atoms with Gasteiger partial charge in [-0.05, 0) is 24.3 Å². The lowest BCUT2D eigenvalue weighted by Gasteiger charge is -2.45. The Balaban J connectivity index is 1.42. The fourth-order valence-electron chi connectivity index (χ4n) is 6.22. The van der Waals surface area contributed by atoms with Crippen molar-refractivity contribution in [2.24, 2.45) is 0 Å². The minimum atomic E-state index is -1.94. The van der Waals surface area contributed by atoms with Gasteiger partial charge in [-0.25, -0.2) is 4.42 Å². The van der Waals surface area contributed by atoms with Crippen LogP contribution in [-0.2, 0) is 18.9 Å². The Morgan fingerprint density at radius 2 is 1.04 bits per heavy atom. The summed E-state index contributed by atoms with van der Waals surface area (Å²) < 4.78 is 40.6. The predicted octanol–water partition coefficient (Wildman–Crippen LogP) is -4.03. The normalized spacial score (nSPS) is 37.8. The first-order valence-electron chi connectivity index (χ1n) is 16.4. The van der Waals surface area contributed by atoms with Crippen molar-refractivity contribution in [3.8, 4) is 34.3 Å². The zero-order valence-corrected chi connectivity index (χ0v) is 27.5. The summed E-state index contributed by atoms with van der Waals surface area (Å²) in [6.45, 7) is -2.38. The van der Waals surface area contributed by atoms with Gasteiger partial charge < -0.3 is 94.8 Å². The average molecular weight is 758 g/mol. The Morgan fingerprint density at radius 1 is 0.528 bits per heavy atom. The maximum absolute atomic E-state index is 11.2. The molecule has 15 atom stereocenters. The number of hydrogen-bond acceptors (Lipinski definition) is 19. The molecule has 0 bridgehead atoms. The zero-order valence-electron chi connectivity index (χ0n) is 27.5. The molecule has 0 aliphatic carbocycles. The van der Waals surface area contributed by atoms with Gasteiger partial charge in [-0.3, -0.25) is 0 Å². The minimum Gasteiger partial charge on any atom is -0.508 e. The van der Waals surface area contributed by atoms with Crippen molar-refractivity contribution in [1.29, 1.82) is 0 Å². The highest BCUT2D eigenvalue weighted by molar-refractivity contribution is 5.88. The molecule has 3 aromatic rings. The van der Waals surface area contributed by atoms with Gasteiger partial charge in [-0.2, -0.15) is 0 Å². The second-order valence-corrected chi connectivity index (χ2v) is 12.8. The molecule has 0 unspecified atom stereocenters. The molecular formula is C33H41O20+. The van der Waals surface area contributed by atoms with Crippen LogP contribution >= 0.6 is 0 Å². The van der Waals surface area contributed by atoms with E-state index in [0.29, 0.717) is 0 Å². The molecule has 53 heavy (non-hydrogen) atoms. The number of phenols is 2. The summed E-state index contributed by atoms with van der Waals surface area (Å²) in [6, 6.07) is 9.07. The number of benzene rings is 2. The number of fused-ring (bicyclic) bond motifs is 1. The van der Waals surface area contributed by atoms with E-state index >= 15 is 0 Å². The van der Waals surface area contributed by atoms with Crippen LogP contribution in [0, 0.1) is 0 Å². The summed E-state index contributed by atoms with van der Waals surface area (Å²) in [5.41, 5.74) is 0.198. The highest BCUT2D eigenvalue weighted by Gasteiger charge is 2.52. The van der Waals surface area contributed by atoms with Gasteiger partial charge >= 0.3 is 11.3 Å². The molecule has 3 saturated heterocycles. The van der Waals surface area contributed by atoms with Gasteiger partial charge in [-0.15, -0.1) is 0 Å². The molecule has 292 valence electrons. The first-order valence-corrected chi connectivity index (χ1v) is 16.4. The van der Waals surface area contributed by atoms with Crippen LogP contribution in [0.1, 0.15) is 0 Å². The van der Waals surface area contributed by atoms with Crippen LogP contribution in [0.5, 0.6) is 23.0 Å². The van der Waals surface area contributed by atoms with Crippen LogP contribution in [0.4, 0.5) is 0 Å². The van der Waals surface area contributed by atoms with Crippen LogP contribution in [0.3, 0.4) is 0 Å². The number of phenolic OH excluding ortho intramolecular Hbond substituents is 2. The molecule has 0 saturated carbocycles. The molecular weight excluding hydrogens is 716 g/mol. The smallest absolute Gasteiger partial charge is 0.402 e. The first-order chi connectivity index (χ1) is 25.3. The highest BCUT2D eigenvalue weighted by Crippen LogP contribution is 2.42. The fourth-order valence-corrected chi connectivity index (χ4v) is 6.22. The van der Waals surface area contributed by atoms with Crippen molar-refractivity contribution in [3.05, 3.63) is 42.5 Å². The van der Waals surface area contributed by atoms with Gasteiger partial charge in [0.05, 0.1) is 31.5 Å². The Hall–Kier alpha value is -3.55. The van der Waals surface area contributed by atoms with Crippen LogP contribution < -0.4 is 9.47 Å². The molecule has 20 heteroatoms. The van der Waals surface area contributed by atoms with Gasteiger partial charge in [0.1, 0.15) is 89.8 Å². The number of aliphatic hydroxyl groups is 11. The van der Waals surface area contributed by atoms with Crippen LogP contribution in [-0.4, -0.2) is 178 Å². The fraction of sp³-hybridized carbons (Fsp3) is 0.545. The number of aliphatic hydroxyl groups excluding tert-OH is 11. The minimum absolute atomic E-state index is 0.0128. The molecule has 0 radical (unpaired) electrons. The van der Waals surface area contributed by atoms with Gasteiger partial charge in [0.2, 0.25) is 18.3 Å². The first kappa shape index (κ1) is 39.2. The monoisotopic (exact) mass is 757 g/mol. The third-order valence-electron chi connectivity index (χ3n) is 9.23. The molecule has 1 aromatic heterocycles. The average Bonchev–Trinajstić information content (AvgIpc) is 3.14. The topological polar surface area (TPSA) is 330 Å². The Labute approximate surface area is 299 Å². The molecule has 6 rings (SSSR count). The van der Waals surface area contributed by atoms with Crippen molar-refractivity contribution in [2.75, 3.05) is 19.8 Å². The summed E-state index contributed by atoms with van der Waals surface area (Å²) in [6.07, 6.45) is -25.9. The Kier molecular flexibility index (Phi) is 11.9. The molecule has 4 heterocycles. The van der Waals surface area contributed by atoms with Crippen molar-refractivity contribution >= 4 is 11.0 Å². The SMILES string of the molecule is OC[C@@H]1O[C@@H](Oc2cc(O)cc3[o+]c(-c4ccc(O)cc4)c(O[C@@H]4O[C@@H](CO)[C@@H](O)[C@H](O)[C@@H]4O[C@@H]4O[C@H](CO)[C@@H](O)[C@H](O)[C@H]4O)cc23)[C@@H](O)[C@@H](O)[C@@H]1O. The summed E-state index contributed by atoms with van der Waals surface area (Å²) in [5, 5.41) is 134.